The minimum absolute atomic E-state index is 0.0291. The molecule has 0 radical (unpaired) electrons. The average Bonchev–Trinajstić information content (AvgIpc) is 3.80. The monoisotopic (exact) mass is 842 g/mol. The summed E-state index contributed by atoms with van der Waals surface area (Å²) in [6.07, 6.45) is -14.7. The van der Waals surface area contributed by atoms with Crippen LogP contribution in [0.1, 0.15) is 49.8 Å². The molecule has 5 atom stereocenters. The summed E-state index contributed by atoms with van der Waals surface area (Å²) in [6.45, 7) is -0.610. The van der Waals surface area contributed by atoms with E-state index >= 15 is 8.78 Å². The number of halogens is 11. The maximum atomic E-state index is 17.3. The van der Waals surface area contributed by atoms with Gasteiger partial charge in [0.2, 0.25) is 0 Å². The van der Waals surface area contributed by atoms with Crippen molar-refractivity contribution >= 4 is 27.5 Å². The molecule has 0 spiro atoms. The maximum Gasteiger partial charge on any atom is 0.435 e. The molecule has 2 N–H and O–H groups in total. The number of aromatic nitrogens is 3. The fourth-order valence-corrected chi connectivity index (χ4v) is 10.0. The Bertz CT molecular complexity index is 2380. The van der Waals surface area contributed by atoms with Crippen LogP contribution in [0.5, 0.6) is 11.8 Å². The van der Waals surface area contributed by atoms with Crippen molar-refractivity contribution in [1.29, 1.82) is 0 Å². The number of nitrogens with zero attached hydrogens (tertiary/aromatic N) is 5. The summed E-state index contributed by atoms with van der Waals surface area (Å²) in [5.74, 6) is 0.493. The van der Waals surface area contributed by atoms with Crippen LogP contribution in [0.3, 0.4) is 0 Å². The molecular formula is C39H33F11N6O3. The van der Waals surface area contributed by atoms with Gasteiger partial charge in [0, 0.05) is 42.2 Å². The van der Waals surface area contributed by atoms with E-state index in [0.29, 0.717) is 36.9 Å². The van der Waals surface area contributed by atoms with E-state index in [-0.39, 0.29) is 75.8 Å². The maximum absolute atomic E-state index is 17.3. The highest BCUT2D eigenvalue weighted by Gasteiger charge is 2.86. The molecule has 0 amide bonds. The van der Waals surface area contributed by atoms with Crippen LogP contribution >= 0.6 is 0 Å². The SMILES string of the molecule is C#Cc1c(F)ccc2cc(O)cc(-c3nc4c5c(nc(OCC67CCCN6C[C@@H](OC(C(F)(F)F)(C(F)(F)F)C(F)(F)F)C7)nc5c3F)N3C[C@H]5CC[C@H](N5)[C@H]3CC4)c12. The number of rotatable bonds is 6. The Morgan fingerprint density at radius 3 is 2.39 bits per heavy atom. The van der Waals surface area contributed by atoms with Gasteiger partial charge < -0.3 is 24.8 Å². The van der Waals surface area contributed by atoms with Crippen molar-refractivity contribution in [2.45, 2.75) is 98.8 Å². The molecule has 4 fully saturated rings. The number of hydrogen-bond donors (Lipinski definition) is 2. The molecule has 9 rings (SSSR count). The summed E-state index contributed by atoms with van der Waals surface area (Å²) in [5.41, 5.74) is -8.25. The van der Waals surface area contributed by atoms with Gasteiger partial charge >= 0.3 is 30.1 Å². The Balaban J connectivity index is 1.14. The Hall–Kier alpha value is -4.74. The largest absolute Gasteiger partial charge is 0.508 e. The van der Waals surface area contributed by atoms with Crippen molar-refractivity contribution in [3.05, 3.63) is 47.2 Å². The molecule has 314 valence electrons. The summed E-state index contributed by atoms with van der Waals surface area (Å²) in [7, 11) is 0. The summed E-state index contributed by atoms with van der Waals surface area (Å²) in [4.78, 5) is 17.4. The Kier molecular flexibility index (Phi) is 9.01. The summed E-state index contributed by atoms with van der Waals surface area (Å²) < 4.78 is 167. The van der Waals surface area contributed by atoms with Crippen molar-refractivity contribution in [2.24, 2.45) is 0 Å². The first kappa shape index (κ1) is 39.7. The number of fused-ring (bicyclic) bond motifs is 7. The number of benzene rings is 2. The minimum Gasteiger partial charge on any atom is -0.508 e. The Labute approximate surface area is 327 Å². The van der Waals surface area contributed by atoms with E-state index in [1.54, 1.807) is 0 Å². The van der Waals surface area contributed by atoms with Gasteiger partial charge in [0.05, 0.1) is 28.3 Å². The van der Waals surface area contributed by atoms with Crippen molar-refractivity contribution in [3.8, 4) is 35.4 Å². The lowest BCUT2D eigenvalue weighted by molar-refractivity contribution is -0.463. The predicted molar refractivity (Wildman–Crippen MR) is 189 cm³/mol. The smallest absolute Gasteiger partial charge is 0.435 e. The first-order chi connectivity index (χ1) is 27.7. The number of phenols is 1. The fraction of sp³-hybridized carbons (Fsp3) is 0.513. The van der Waals surface area contributed by atoms with Gasteiger partial charge in [-0.2, -0.15) is 49.5 Å². The number of anilines is 1. The zero-order valence-electron chi connectivity index (χ0n) is 30.6. The van der Waals surface area contributed by atoms with E-state index in [9.17, 15) is 44.6 Å². The third-order valence-electron chi connectivity index (χ3n) is 12.6. The van der Waals surface area contributed by atoms with E-state index in [1.165, 1.54) is 23.1 Å². The highest BCUT2D eigenvalue weighted by atomic mass is 19.4. The molecule has 2 bridgehead atoms. The lowest BCUT2D eigenvalue weighted by Crippen LogP contribution is -2.68. The number of ether oxygens (including phenoxy) is 2. The van der Waals surface area contributed by atoms with Crippen molar-refractivity contribution in [2.75, 3.05) is 31.1 Å². The minimum atomic E-state index is -6.89. The fourth-order valence-electron chi connectivity index (χ4n) is 10.0. The van der Waals surface area contributed by atoms with Crippen molar-refractivity contribution in [3.63, 3.8) is 0 Å². The van der Waals surface area contributed by atoms with Gasteiger partial charge in [-0.3, -0.25) is 4.90 Å². The van der Waals surface area contributed by atoms with Gasteiger partial charge in [-0.15, -0.1) is 6.42 Å². The second-order valence-electron chi connectivity index (χ2n) is 15.9. The molecule has 9 nitrogen and oxygen atoms in total. The van der Waals surface area contributed by atoms with Crippen LogP contribution < -0.4 is 15.0 Å². The van der Waals surface area contributed by atoms with Crippen molar-refractivity contribution in [1.82, 2.24) is 25.2 Å². The molecule has 20 heteroatoms. The van der Waals surface area contributed by atoms with Gasteiger partial charge in [0.1, 0.15) is 35.2 Å². The second-order valence-corrected chi connectivity index (χ2v) is 15.9. The van der Waals surface area contributed by atoms with Crippen LogP contribution in [0.2, 0.25) is 0 Å². The summed E-state index contributed by atoms with van der Waals surface area (Å²) in [5, 5.41) is 14.9. The number of hydrogen-bond acceptors (Lipinski definition) is 9. The molecule has 5 aliphatic rings. The van der Waals surface area contributed by atoms with Crippen LogP contribution in [-0.4, -0.2) is 105 Å². The molecule has 2 aromatic carbocycles. The van der Waals surface area contributed by atoms with Gasteiger partial charge in [0.25, 0.3) is 0 Å². The second kappa shape index (κ2) is 13.4. The molecule has 1 unspecified atom stereocenters. The summed E-state index contributed by atoms with van der Waals surface area (Å²) in [6, 6.07) is 4.56. The molecule has 5 aliphatic heterocycles. The molecule has 0 aliphatic carbocycles. The molecule has 7 heterocycles. The third kappa shape index (κ3) is 6.04. The van der Waals surface area contributed by atoms with E-state index in [2.05, 4.69) is 21.0 Å². The normalized spacial score (nSPS) is 26.0. The number of piperazine rings is 1. The van der Waals surface area contributed by atoms with Gasteiger partial charge in [0.15, 0.2) is 5.82 Å². The van der Waals surface area contributed by atoms with Gasteiger partial charge in [-0.1, -0.05) is 12.0 Å². The van der Waals surface area contributed by atoms with Crippen molar-refractivity contribution < 1.29 is 62.9 Å². The quantitative estimate of drug-likeness (QED) is 0.151. The first-order valence-corrected chi connectivity index (χ1v) is 18.9. The van der Waals surface area contributed by atoms with E-state index in [4.69, 9.17) is 21.1 Å². The lowest BCUT2D eigenvalue weighted by atomic mass is 9.93. The van der Waals surface area contributed by atoms with Crippen LogP contribution in [0, 0.1) is 24.0 Å². The van der Waals surface area contributed by atoms with Crippen LogP contribution in [0.25, 0.3) is 32.9 Å². The number of aromatic hydroxyl groups is 1. The molecule has 59 heavy (non-hydrogen) atoms. The number of nitrogens with one attached hydrogen (secondary N) is 1. The van der Waals surface area contributed by atoms with E-state index < -0.39 is 73.0 Å². The number of phenolic OH excluding ortho intramolecular Hbond substituents is 1. The topological polar surface area (TPSA) is 95.9 Å². The lowest BCUT2D eigenvalue weighted by Gasteiger charge is -2.41. The van der Waals surface area contributed by atoms with Crippen LogP contribution in [0.4, 0.5) is 54.1 Å². The zero-order chi connectivity index (χ0) is 42.0. The summed E-state index contributed by atoms with van der Waals surface area (Å²) >= 11 is 0. The van der Waals surface area contributed by atoms with Crippen LogP contribution in [-0.2, 0) is 11.2 Å². The van der Waals surface area contributed by atoms with Crippen LogP contribution in [0.15, 0.2) is 24.3 Å². The third-order valence-corrected chi connectivity index (χ3v) is 12.6. The zero-order valence-corrected chi connectivity index (χ0v) is 30.6. The number of terminal acetylenes is 1. The Morgan fingerprint density at radius 1 is 0.932 bits per heavy atom. The number of pyridine rings is 1. The molecule has 0 saturated carbocycles. The average molecular weight is 843 g/mol. The molecular weight excluding hydrogens is 809 g/mol. The number of alkyl halides is 9. The van der Waals surface area contributed by atoms with E-state index in [1.807, 2.05) is 4.90 Å². The van der Waals surface area contributed by atoms with Gasteiger partial charge in [-0.05, 0) is 75.1 Å². The molecule has 4 aromatic rings. The molecule has 2 aromatic heterocycles. The highest BCUT2D eigenvalue weighted by molar-refractivity contribution is 6.03. The highest BCUT2D eigenvalue weighted by Crippen LogP contribution is 2.57. The number of aryl methyl sites for hydroxylation is 1. The van der Waals surface area contributed by atoms with E-state index in [0.717, 1.165) is 18.9 Å². The first-order valence-electron chi connectivity index (χ1n) is 18.9. The molecule has 4 saturated heterocycles. The standard InChI is InChI=1S/C39H33F11N6O3/c1-2-22-24(40)6-4-18-12-20(57)13-23(28(18)22)31-30(41)32-29-26(52-31)8-9-27-25-7-5-19(51-25)15-56(27)33(29)54-34(53-32)58-17-35-10-3-11-55(35)16-21(14-35)59-36(37(42,43)44,38(45,46)47)39(48,49)50/h1,4,6,12-13,19,21,25,27,51,57H,3,5,7-11,14-17H2/t19-,21+,25+,27-,35?/m1/s1. The predicted octanol–water partition coefficient (Wildman–Crippen LogP) is 7.49. The Morgan fingerprint density at radius 2 is 1.68 bits per heavy atom. The van der Waals surface area contributed by atoms with Gasteiger partial charge in [-0.25, -0.2) is 13.8 Å².